The lowest BCUT2D eigenvalue weighted by Gasteiger charge is -2.38. The first-order chi connectivity index (χ1) is 12.2. The molecule has 2 atom stereocenters. The average molecular weight is 351 g/mol. The van der Waals surface area contributed by atoms with Crippen LogP contribution < -0.4 is 5.32 Å². The van der Waals surface area contributed by atoms with E-state index < -0.39 is 0 Å². The number of hydrogen-bond acceptors (Lipinski definition) is 4. The summed E-state index contributed by atoms with van der Waals surface area (Å²) in [4.78, 5) is 29.0. The molecule has 25 heavy (non-hydrogen) atoms. The molecule has 1 aliphatic carbocycles. The fraction of sp³-hybridized carbons (Fsp3) is 0.895. The van der Waals surface area contributed by atoms with Crippen molar-refractivity contribution in [1.82, 2.24) is 15.1 Å². The summed E-state index contributed by atoms with van der Waals surface area (Å²) < 4.78 is 5.34. The Balaban J connectivity index is 1.37. The molecule has 142 valence electrons. The molecule has 3 fully saturated rings. The summed E-state index contributed by atoms with van der Waals surface area (Å²) in [6.45, 7) is 8.99. The summed E-state index contributed by atoms with van der Waals surface area (Å²) in [5.41, 5.74) is 0. The molecule has 0 aromatic rings. The van der Waals surface area contributed by atoms with Gasteiger partial charge in [0.2, 0.25) is 11.8 Å². The fourth-order valence-electron chi connectivity index (χ4n) is 4.09. The van der Waals surface area contributed by atoms with Gasteiger partial charge in [-0.25, -0.2) is 0 Å². The van der Waals surface area contributed by atoms with Gasteiger partial charge in [0.1, 0.15) is 0 Å². The minimum atomic E-state index is 0.165. The van der Waals surface area contributed by atoms with Gasteiger partial charge in [-0.15, -0.1) is 0 Å². The second kappa shape index (κ2) is 8.99. The minimum Gasteiger partial charge on any atom is -0.379 e. The Kier molecular flexibility index (Phi) is 6.70. The molecular formula is C19H33N3O3. The van der Waals surface area contributed by atoms with Crippen molar-refractivity contribution >= 4 is 11.8 Å². The lowest BCUT2D eigenvalue weighted by molar-refractivity contribution is -0.135. The van der Waals surface area contributed by atoms with Crippen LogP contribution in [-0.4, -0.2) is 74.1 Å². The summed E-state index contributed by atoms with van der Waals surface area (Å²) in [6, 6.07) is 0. The average Bonchev–Trinajstić information content (AvgIpc) is 3.47. The molecule has 6 heteroatoms. The molecule has 3 aliphatic rings. The van der Waals surface area contributed by atoms with E-state index in [1.54, 1.807) is 0 Å². The van der Waals surface area contributed by atoms with Gasteiger partial charge in [-0.05, 0) is 31.1 Å². The number of amides is 2. The number of carbonyl (C=O) groups is 2. The summed E-state index contributed by atoms with van der Waals surface area (Å²) in [7, 11) is 0. The van der Waals surface area contributed by atoms with Gasteiger partial charge < -0.3 is 15.0 Å². The maximum atomic E-state index is 12.3. The Hall–Kier alpha value is -1.14. The van der Waals surface area contributed by atoms with Crippen molar-refractivity contribution < 1.29 is 14.3 Å². The molecule has 2 aliphatic heterocycles. The first kappa shape index (κ1) is 18.6. The van der Waals surface area contributed by atoms with Crippen molar-refractivity contribution in [1.29, 1.82) is 0 Å². The molecule has 2 saturated heterocycles. The first-order valence-electron chi connectivity index (χ1n) is 10.0. The Labute approximate surface area is 151 Å². The van der Waals surface area contributed by atoms with Gasteiger partial charge in [0.05, 0.1) is 13.2 Å². The first-order valence-corrected chi connectivity index (χ1v) is 10.0. The normalized spacial score (nSPS) is 28.0. The van der Waals surface area contributed by atoms with E-state index in [2.05, 4.69) is 22.0 Å². The molecule has 0 radical (unpaired) electrons. The Morgan fingerprint density at radius 1 is 1.08 bits per heavy atom. The van der Waals surface area contributed by atoms with Gasteiger partial charge in [0, 0.05) is 51.6 Å². The van der Waals surface area contributed by atoms with E-state index in [0.717, 1.165) is 71.6 Å². The van der Waals surface area contributed by atoms with Crippen molar-refractivity contribution in [2.45, 2.75) is 39.0 Å². The molecule has 0 spiro atoms. The molecular weight excluding hydrogens is 318 g/mol. The molecule has 6 nitrogen and oxygen atoms in total. The summed E-state index contributed by atoms with van der Waals surface area (Å²) in [5, 5.41) is 3.08. The predicted molar refractivity (Wildman–Crippen MR) is 96.1 cm³/mol. The summed E-state index contributed by atoms with van der Waals surface area (Å²) >= 11 is 0. The van der Waals surface area contributed by atoms with E-state index in [9.17, 15) is 9.59 Å². The zero-order chi connectivity index (χ0) is 17.6. The van der Waals surface area contributed by atoms with E-state index in [1.807, 2.05) is 0 Å². The van der Waals surface area contributed by atoms with Crippen LogP contribution in [0.4, 0.5) is 0 Å². The molecule has 0 aromatic carbocycles. The van der Waals surface area contributed by atoms with Crippen molar-refractivity contribution in [3.8, 4) is 0 Å². The van der Waals surface area contributed by atoms with Gasteiger partial charge in [-0.3, -0.25) is 14.5 Å². The largest absolute Gasteiger partial charge is 0.379 e. The standard InChI is InChI=1S/C19H33N3O3/c1-2-15-14-22(19(24)16-3-4-16)7-5-17(15)13-18(23)20-6-8-21-9-11-25-12-10-21/h15-17H,2-14H2,1H3,(H,20,23)/t15-,17-/m0/s1. The van der Waals surface area contributed by atoms with E-state index >= 15 is 0 Å². The van der Waals surface area contributed by atoms with Gasteiger partial charge in [0.15, 0.2) is 0 Å². The SMILES string of the molecule is CC[C@H]1CN(C(=O)C2CC2)CC[C@H]1CC(=O)NCCN1CCOCC1. The number of morpholine rings is 1. The zero-order valence-corrected chi connectivity index (χ0v) is 15.5. The lowest BCUT2D eigenvalue weighted by atomic mass is 9.81. The number of nitrogens with zero attached hydrogens (tertiary/aromatic N) is 2. The van der Waals surface area contributed by atoms with Gasteiger partial charge in [-0.1, -0.05) is 13.3 Å². The molecule has 0 bridgehead atoms. The fourth-order valence-corrected chi connectivity index (χ4v) is 4.09. The van der Waals surface area contributed by atoms with Crippen LogP contribution in [0.2, 0.25) is 0 Å². The van der Waals surface area contributed by atoms with Gasteiger partial charge in [-0.2, -0.15) is 0 Å². The van der Waals surface area contributed by atoms with Crippen molar-refractivity contribution in [3.05, 3.63) is 0 Å². The van der Waals surface area contributed by atoms with Crippen LogP contribution in [0.25, 0.3) is 0 Å². The van der Waals surface area contributed by atoms with Crippen LogP contribution in [-0.2, 0) is 14.3 Å². The Morgan fingerprint density at radius 3 is 2.52 bits per heavy atom. The third kappa shape index (κ3) is 5.42. The van der Waals surface area contributed by atoms with Crippen LogP contribution in [0, 0.1) is 17.8 Å². The van der Waals surface area contributed by atoms with Crippen molar-refractivity contribution in [3.63, 3.8) is 0 Å². The number of piperidine rings is 1. The molecule has 0 aromatic heterocycles. The second-order valence-corrected chi connectivity index (χ2v) is 7.78. The van der Waals surface area contributed by atoms with E-state index in [0.29, 0.717) is 36.6 Å². The topological polar surface area (TPSA) is 61.9 Å². The van der Waals surface area contributed by atoms with Crippen LogP contribution >= 0.6 is 0 Å². The number of ether oxygens (including phenoxy) is 1. The molecule has 0 unspecified atom stereocenters. The number of carbonyl (C=O) groups excluding carboxylic acids is 2. The van der Waals surface area contributed by atoms with Gasteiger partial charge >= 0.3 is 0 Å². The van der Waals surface area contributed by atoms with Gasteiger partial charge in [0.25, 0.3) is 0 Å². The quantitative estimate of drug-likeness (QED) is 0.746. The highest BCUT2D eigenvalue weighted by Crippen LogP contribution is 2.35. The van der Waals surface area contributed by atoms with Crippen LogP contribution in [0.1, 0.15) is 39.0 Å². The molecule has 1 N–H and O–H groups in total. The van der Waals surface area contributed by atoms with Crippen LogP contribution in [0.15, 0.2) is 0 Å². The lowest BCUT2D eigenvalue weighted by Crippen LogP contribution is -2.46. The highest BCUT2D eigenvalue weighted by molar-refractivity contribution is 5.81. The summed E-state index contributed by atoms with van der Waals surface area (Å²) in [6.07, 6.45) is 4.75. The van der Waals surface area contributed by atoms with Crippen molar-refractivity contribution in [2.24, 2.45) is 17.8 Å². The van der Waals surface area contributed by atoms with Crippen molar-refractivity contribution in [2.75, 3.05) is 52.5 Å². The zero-order valence-electron chi connectivity index (χ0n) is 15.5. The third-order valence-electron chi connectivity index (χ3n) is 5.96. The second-order valence-electron chi connectivity index (χ2n) is 7.78. The van der Waals surface area contributed by atoms with Crippen LogP contribution in [0.3, 0.4) is 0 Å². The number of hydrogen-bond donors (Lipinski definition) is 1. The molecule has 3 rings (SSSR count). The number of nitrogens with one attached hydrogen (secondary N) is 1. The van der Waals surface area contributed by atoms with Crippen LogP contribution in [0.5, 0.6) is 0 Å². The minimum absolute atomic E-state index is 0.165. The molecule has 2 heterocycles. The van der Waals surface area contributed by atoms with E-state index in [4.69, 9.17) is 4.74 Å². The maximum absolute atomic E-state index is 12.3. The van der Waals surface area contributed by atoms with E-state index in [1.165, 1.54) is 0 Å². The Bertz CT molecular complexity index is 461. The summed E-state index contributed by atoms with van der Waals surface area (Å²) in [5.74, 6) is 1.70. The highest BCUT2D eigenvalue weighted by Gasteiger charge is 2.37. The number of likely N-dealkylation sites (tertiary alicyclic amines) is 1. The predicted octanol–water partition coefficient (Wildman–Crippen LogP) is 1.11. The molecule has 2 amide bonds. The highest BCUT2D eigenvalue weighted by atomic mass is 16.5. The van der Waals surface area contributed by atoms with E-state index in [-0.39, 0.29) is 5.91 Å². The smallest absolute Gasteiger partial charge is 0.225 e. The number of rotatable bonds is 7. The monoisotopic (exact) mass is 351 g/mol. The Morgan fingerprint density at radius 2 is 1.84 bits per heavy atom. The maximum Gasteiger partial charge on any atom is 0.225 e. The third-order valence-corrected chi connectivity index (χ3v) is 5.96. The molecule has 1 saturated carbocycles.